The Morgan fingerprint density at radius 3 is 2.70 bits per heavy atom. The predicted molar refractivity (Wildman–Crippen MR) is 74.6 cm³/mol. The average Bonchev–Trinajstić information content (AvgIpc) is 2.50. The second-order valence-corrected chi connectivity index (χ2v) is 5.51. The number of ether oxygens (including phenoxy) is 1. The molecule has 114 valence electrons. The molecule has 4 N–H and O–H groups in total. The molecule has 2 aliphatic rings. The third-order valence-electron chi connectivity index (χ3n) is 3.92. The number of hydrogen-bond acceptors (Lipinski definition) is 5. The number of nitrogens with one attached hydrogen (secondary N) is 1. The quantitative estimate of drug-likeness (QED) is 0.289. The summed E-state index contributed by atoms with van der Waals surface area (Å²) >= 11 is 0. The Hall–Kier alpha value is -1.34. The Morgan fingerprint density at radius 2 is 2.10 bits per heavy atom. The summed E-state index contributed by atoms with van der Waals surface area (Å²) in [5, 5.41) is 14.6. The zero-order valence-corrected chi connectivity index (χ0v) is 11.8. The van der Waals surface area contributed by atoms with Gasteiger partial charge in [0.15, 0.2) is 5.84 Å². The molecule has 0 aromatic carbocycles. The van der Waals surface area contributed by atoms with E-state index in [-0.39, 0.29) is 23.9 Å². The van der Waals surface area contributed by atoms with E-state index in [1.807, 2.05) is 0 Å². The smallest absolute Gasteiger partial charge is 0.249 e. The molecule has 2 aliphatic heterocycles. The zero-order valence-electron chi connectivity index (χ0n) is 11.8. The maximum atomic E-state index is 12.1. The van der Waals surface area contributed by atoms with Crippen LogP contribution >= 0.6 is 0 Å². The summed E-state index contributed by atoms with van der Waals surface area (Å²) in [5.74, 6) is 0.252. The van der Waals surface area contributed by atoms with Crippen LogP contribution in [-0.2, 0) is 9.53 Å². The highest BCUT2D eigenvalue weighted by atomic mass is 16.5. The standard InChI is InChI=1S/C13H24N4O3/c14-12(16-19)9-17-6-4-10(5-7-17)15-13(18)11-3-1-2-8-20-11/h10-11,19H,1-9H2,(H2,14,16)(H,15,18). The number of carbonyl (C=O) groups excluding carboxylic acids is 1. The molecule has 2 saturated heterocycles. The second-order valence-electron chi connectivity index (χ2n) is 5.51. The maximum absolute atomic E-state index is 12.1. The van der Waals surface area contributed by atoms with E-state index < -0.39 is 0 Å². The van der Waals surface area contributed by atoms with Gasteiger partial charge in [-0.3, -0.25) is 9.69 Å². The Labute approximate surface area is 119 Å². The summed E-state index contributed by atoms with van der Waals surface area (Å²) in [6, 6.07) is 0.205. The molecule has 0 aromatic heterocycles. The lowest BCUT2D eigenvalue weighted by atomic mass is 10.0. The molecule has 0 aliphatic carbocycles. The molecule has 1 unspecified atom stereocenters. The first-order valence-electron chi connectivity index (χ1n) is 7.30. The van der Waals surface area contributed by atoms with Crippen LogP contribution in [0.2, 0.25) is 0 Å². The maximum Gasteiger partial charge on any atom is 0.249 e. The van der Waals surface area contributed by atoms with E-state index in [1.165, 1.54) is 0 Å². The number of hydrogen-bond donors (Lipinski definition) is 3. The van der Waals surface area contributed by atoms with Gasteiger partial charge in [-0.1, -0.05) is 5.16 Å². The first-order chi connectivity index (χ1) is 9.69. The van der Waals surface area contributed by atoms with Crippen molar-refractivity contribution in [2.75, 3.05) is 26.2 Å². The molecule has 2 rings (SSSR count). The fourth-order valence-corrected chi connectivity index (χ4v) is 2.74. The minimum atomic E-state index is -0.265. The van der Waals surface area contributed by atoms with Gasteiger partial charge in [-0.15, -0.1) is 0 Å². The van der Waals surface area contributed by atoms with Gasteiger partial charge < -0.3 is 21.0 Å². The van der Waals surface area contributed by atoms with Crippen LogP contribution in [0.4, 0.5) is 0 Å². The van der Waals surface area contributed by atoms with Gasteiger partial charge in [-0.25, -0.2) is 0 Å². The third-order valence-corrected chi connectivity index (χ3v) is 3.92. The Kier molecular flexibility index (Phi) is 5.60. The number of nitrogens with two attached hydrogens (primary N) is 1. The monoisotopic (exact) mass is 284 g/mol. The second kappa shape index (κ2) is 7.44. The summed E-state index contributed by atoms with van der Waals surface area (Å²) in [6.45, 7) is 2.85. The SMILES string of the molecule is NC(CN1CCC(NC(=O)C2CCCCO2)CC1)=NO. The Bertz CT molecular complexity index is 348. The Balaban J connectivity index is 1.69. The van der Waals surface area contributed by atoms with E-state index in [0.717, 1.165) is 45.2 Å². The fraction of sp³-hybridized carbons (Fsp3) is 0.846. The lowest BCUT2D eigenvalue weighted by Gasteiger charge is -2.33. The summed E-state index contributed by atoms with van der Waals surface area (Å²) in [7, 11) is 0. The molecule has 7 nitrogen and oxygen atoms in total. The van der Waals surface area contributed by atoms with Crippen molar-refractivity contribution < 1.29 is 14.7 Å². The van der Waals surface area contributed by atoms with E-state index in [2.05, 4.69) is 15.4 Å². The molecule has 20 heavy (non-hydrogen) atoms. The van der Waals surface area contributed by atoms with Crippen LogP contribution in [0.15, 0.2) is 5.16 Å². The first-order valence-corrected chi connectivity index (χ1v) is 7.30. The molecule has 2 heterocycles. The van der Waals surface area contributed by atoms with Gasteiger partial charge >= 0.3 is 0 Å². The van der Waals surface area contributed by atoms with Gasteiger partial charge in [0.2, 0.25) is 5.91 Å². The van der Waals surface area contributed by atoms with Crippen LogP contribution in [0.3, 0.4) is 0 Å². The van der Waals surface area contributed by atoms with Crippen molar-refractivity contribution >= 4 is 11.7 Å². The highest BCUT2D eigenvalue weighted by Crippen LogP contribution is 2.15. The van der Waals surface area contributed by atoms with E-state index in [1.54, 1.807) is 0 Å². The number of carbonyl (C=O) groups is 1. The van der Waals surface area contributed by atoms with Crippen molar-refractivity contribution in [3.63, 3.8) is 0 Å². The summed E-state index contributed by atoms with van der Waals surface area (Å²) in [6.07, 6.45) is 4.45. The Morgan fingerprint density at radius 1 is 1.35 bits per heavy atom. The number of piperidine rings is 1. The molecule has 0 radical (unpaired) electrons. The van der Waals surface area contributed by atoms with Crippen molar-refractivity contribution in [3.05, 3.63) is 0 Å². The molecule has 0 aromatic rings. The highest BCUT2D eigenvalue weighted by molar-refractivity contribution is 5.82. The number of rotatable bonds is 4. The average molecular weight is 284 g/mol. The molecular formula is C13H24N4O3. The predicted octanol–water partition coefficient (Wildman–Crippen LogP) is -0.117. The van der Waals surface area contributed by atoms with Crippen molar-refractivity contribution in [2.24, 2.45) is 10.9 Å². The minimum Gasteiger partial charge on any atom is -0.409 e. The minimum absolute atomic E-state index is 0.0274. The van der Waals surface area contributed by atoms with Crippen LogP contribution in [0.1, 0.15) is 32.1 Å². The summed E-state index contributed by atoms with van der Waals surface area (Å²) in [5.41, 5.74) is 5.49. The van der Waals surface area contributed by atoms with Crippen molar-refractivity contribution in [2.45, 2.75) is 44.2 Å². The van der Waals surface area contributed by atoms with E-state index in [4.69, 9.17) is 15.7 Å². The van der Waals surface area contributed by atoms with Gasteiger partial charge in [0.25, 0.3) is 0 Å². The third kappa shape index (κ3) is 4.35. The number of likely N-dealkylation sites (tertiary alicyclic amines) is 1. The summed E-state index contributed by atoms with van der Waals surface area (Å²) in [4.78, 5) is 14.2. The van der Waals surface area contributed by atoms with Crippen molar-refractivity contribution in [1.82, 2.24) is 10.2 Å². The molecule has 7 heteroatoms. The molecule has 1 atom stereocenters. The molecule has 0 saturated carbocycles. The van der Waals surface area contributed by atoms with Crippen LogP contribution in [0.25, 0.3) is 0 Å². The van der Waals surface area contributed by atoms with Gasteiger partial charge in [0.05, 0.1) is 6.54 Å². The topological polar surface area (TPSA) is 100 Å². The highest BCUT2D eigenvalue weighted by Gasteiger charge is 2.26. The number of amidine groups is 1. The van der Waals surface area contributed by atoms with Crippen LogP contribution < -0.4 is 11.1 Å². The largest absolute Gasteiger partial charge is 0.409 e. The van der Waals surface area contributed by atoms with Gasteiger partial charge in [0, 0.05) is 25.7 Å². The van der Waals surface area contributed by atoms with Gasteiger partial charge in [-0.05, 0) is 32.1 Å². The van der Waals surface area contributed by atoms with Crippen molar-refractivity contribution in [3.8, 4) is 0 Å². The van der Waals surface area contributed by atoms with Crippen LogP contribution in [0, 0.1) is 0 Å². The van der Waals surface area contributed by atoms with Crippen LogP contribution in [-0.4, -0.2) is 60.2 Å². The fourth-order valence-electron chi connectivity index (χ4n) is 2.74. The lowest BCUT2D eigenvalue weighted by Crippen LogP contribution is -2.49. The number of oxime groups is 1. The number of nitrogens with zero attached hydrogens (tertiary/aromatic N) is 2. The molecule has 1 amide bonds. The first kappa shape index (κ1) is 15.1. The van der Waals surface area contributed by atoms with E-state index >= 15 is 0 Å². The normalized spacial score (nSPS) is 26.4. The van der Waals surface area contributed by atoms with Crippen molar-refractivity contribution in [1.29, 1.82) is 0 Å². The van der Waals surface area contributed by atoms with E-state index in [9.17, 15) is 4.79 Å². The van der Waals surface area contributed by atoms with Gasteiger partial charge in [0.1, 0.15) is 6.10 Å². The zero-order chi connectivity index (χ0) is 14.4. The molecule has 2 fully saturated rings. The van der Waals surface area contributed by atoms with Gasteiger partial charge in [-0.2, -0.15) is 0 Å². The number of amides is 1. The van der Waals surface area contributed by atoms with E-state index in [0.29, 0.717) is 13.2 Å². The lowest BCUT2D eigenvalue weighted by molar-refractivity contribution is -0.136. The molecule has 0 bridgehead atoms. The van der Waals surface area contributed by atoms with Crippen LogP contribution in [0.5, 0.6) is 0 Å². The summed E-state index contributed by atoms with van der Waals surface area (Å²) < 4.78 is 5.49. The molecular weight excluding hydrogens is 260 g/mol. The molecule has 0 spiro atoms.